The maximum Gasteiger partial charge on any atom is 0.238 e. The Morgan fingerprint density at radius 3 is 2.83 bits per heavy atom. The fourth-order valence-corrected chi connectivity index (χ4v) is 4.43. The minimum atomic E-state index is -3.68. The number of benzene rings is 2. The highest BCUT2D eigenvalue weighted by atomic mass is 32.2. The molecule has 7 heteroatoms. The van der Waals surface area contributed by atoms with Crippen LogP contribution in [-0.2, 0) is 23.0 Å². The van der Waals surface area contributed by atoms with Gasteiger partial charge in [0.15, 0.2) is 0 Å². The molecule has 0 atom stereocenters. The van der Waals surface area contributed by atoms with Crippen LogP contribution in [0.15, 0.2) is 47.4 Å². The summed E-state index contributed by atoms with van der Waals surface area (Å²) in [5.74, 6) is 0. The van der Waals surface area contributed by atoms with Crippen LogP contribution in [0.1, 0.15) is 10.6 Å². The van der Waals surface area contributed by atoms with Gasteiger partial charge in [-0.25, -0.2) is 18.5 Å². The highest BCUT2D eigenvalue weighted by molar-refractivity contribution is 7.89. The van der Waals surface area contributed by atoms with Crippen molar-refractivity contribution in [2.24, 2.45) is 5.14 Å². The first kappa shape index (κ1) is 14.6. The molecule has 0 amide bonds. The molecular formula is C16H15N3O2S2. The maximum atomic E-state index is 11.6. The number of nitrogens with zero attached hydrogens (tertiary/aromatic N) is 2. The van der Waals surface area contributed by atoms with E-state index in [1.807, 2.05) is 24.3 Å². The van der Waals surface area contributed by atoms with Gasteiger partial charge in [0.25, 0.3) is 0 Å². The third-order valence-electron chi connectivity index (χ3n) is 4.04. The van der Waals surface area contributed by atoms with Gasteiger partial charge >= 0.3 is 0 Å². The van der Waals surface area contributed by atoms with Gasteiger partial charge < -0.3 is 4.90 Å². The molecule has 0 saturated heterocycles. The van der Waals surface area contributed by atoms with E-state index >= 15 is 0 Å². The van der Waals surface area contributed by atoms with Crippen molar-refractivity contribution in [1.82, 2.24) is 4.98 Å². The van der Waals surface area contributed by atoms with Gasteiger partial charge in [0.2, 0.25) is 10.0 Å². The predicted molar refractivity (Wildman–Crippen MR) is 92.2 cm³/mol. The highest BCUT2D eigenvalue weighted by Gasteiger charge is 2.22. The second kappa shape index (κ2) is 5.30. The molecule has 2 N–H and O–H groups in total. The van der Waals surface area contributed by atoms with E-state index in [-0.39, 0.29) is 4.90 Å². The molecule has 4 rings (SSSR count). The zero-order chi connectivity index (χ0) is 16.0. The monoisotopic (exact) mass is 345 g/mol. The average molecular weight is 345 g/mol. The Labute approximate surface area is 138 Å². The van der Waals surface area contributed by atoms with Crippen molar-refractivity contribution in [2.75, 3.05) is 11.4 Å². The van der Waals surface area contributed by atoms with E-state index in [4.69, 9.17) is 5.14 Å². The van der Waals surface area contributed by atoms with Crippen molar-refractivity contribution < 1.29 is 8.42 Å². The lowest BCUT2D eigenvalue weighted by Crippen LogP contribution is -2.20. The number of hydrogen-bond acceptors (Lipinski definition) is 5. The second-order valence-electron chi connectivity index (χ2n) is 5.58. The number of aromatic nitrogens is 1. The summed E-state index contributed by atoms with van der Waals surface area (Å²) < 4.78 is 24.3. The fraction of sp³-hybridized carbons (Fsp3) is 0.188. The number of anilines is 1. The lowest BCUT2D eigenvalue weighted by Gasteiger charge is -2.18. The van der Waals surface area contributed by atoms with E-state index in [1.165, 1.54) is 4.70 Å². The molecule has 2 aromatic carbocycles. The molecule has 0 saturated carbocycles. The summed E-state index contributed by atoms with van der Waals surface area (Å²) in [7, 11) is -3.68. The molecule has 2 heterocycles. The molecule has 118 valence electrons. The van der Waals surface area contributed by atoms with Crippen LogP contribution in [0.3, 0.4) is 0 Å². The van der Waals surface area contributed by atoms with Gasteiger partial charge in [0, 0.05) is 12.2 Å². The third-order valence-corrected chi connectivity index (χ3v) is 5.97. The SMILES string of the molecule is NS(=O)(=O)c1ccc2c(c1)N(Cc1nc3ccccc3s1)CC2. The Bertz CT molecular complexity index is 962. The Hall–Kier alpha value is -1.96. The maximum absolute atomic E-state index is 11.6. The first-order valence-corrected chi connectivity index (χ1v) is 9.62. The van der Waals surface area contributed by atoms with Crippen LogP contribution in [0.2, 0.25) is 0 Å². The second-order valence-corrected chi connectivity index (χ2v) is 8.26. The van der Waals surface area contributed by atoms with Crippen LogP contribution in [0.4, 0.5) is 5.69 Å². The molecule has 0 radical (unpaired) electrons. The molecule has 3 aromatic rings. The Kier molecular flexibility index (Phi) is 3.37. The third kappa shape index (κ3) is 2.71. The summed E-state index contributed by atoms with van der Waals surface area (Å²) >= 11 is 1.67. The van der Waals surface area contributed by atoms with Gasteiger partial charge in [-0.15, -0.1) is 11.3 Å². The topological polar surface area (TPSA) is 76.3 Å². The summed E-state index contributed by atoms with van der Waals surface area (Å²) in [5, 5.41) is 6.27. The molecule has 23 heavy (non-hydrogen) atoms. The largest absolute Gasteiger partial charge is 0.364 e. The zero-order valence-corrected chi connectivity index (χ0v) is 13.9. The van der Waals surface area contributed by atoms with Gasteiger partial charge in [-0.2, -0.15) is 0 Å². The number of primary sulfonamides is 1. The normalized spacial score (nSPS) is 14.4. The fourth-order valence-electron chi connectivity index (χ4n) is 2.92. The number of fused-ring (bicyclic) bond motifs is 2. The van der Waals surface area contributed by atoms with Gasteiger partial charge in [-0.3, -0.25) is 0 Å². The van der Waals surface area contributed by atoms with Crippen LogP contribution >= 0.6 is 11.3 Å². The van der Waals surface area contributed by atoms with Crippen molar-refractivity contribution >= 4 is 37.3 Å². The molecule has 0 fully saturated rings. The molecule has 0 unspecified atom stereocenters. The predicted octanol–water partition coefficient (Wildman–Crippen LogP) is 2.51. The Morgan fingerprint density at radius 1 is 1.22 bits per heavy atom. The zero-order valence-electron chi connectivity index (χ0n) is 12.3. The van der Waals surface area contributed by atoms with Crippen LogP contribution in [-0.4, -0.2) is 19.9 Å². The van der Waals surface area contributed by atoms with Crippen molar-refractivity contribution in [3.63, 3.8) is 0 Å². The van der Waals surface area contributed by atoms with Gasteiger partial charge in [-0.1, -0.05) is 18.2 Å². The number of thiazole rings is 1. The molecule has 1 aromatic heterocycles. The number of para-hydroxylation sites is 1. The standard InChI is InChI=1S/C16H15N3O2S2/c17-23(20,21)12-6-5-11-7-8-19(14(11)9-12)10-16-18-13-3-1-2-4-15(13)22-16/h1-6,9H,7-8,10H2,(H2,17,20,21). The molecule has 1 aliphatic heterocycles. The van der Waals surface area contributed by atoms with Gasteiger partial charge in [0.05, 0.1) is 21.7 Å². The van der Waals surface area contributed by atoms with E-state index < -0.39 is 10.0 Å². The van der Waals surface area contributed by atoms with Crippen molar-refractivity contribution in [1.29, 1.82) is 0 Å². The smallest absolute Gasteiger partial charge is 0.238 e. The summed E-state index contributed by atoms with van der Waals surface area (Å²) in [4.78, 5) is 6.98. The highest BCUT2D eigenvalue weighted by Crippen LogP contribution is 2.32. The molecule has 0 bridgehead atoms. The van der Waals surface area contributed by atoms with Crippen LogP contribution < -0.4 is 10.0 Å². The van der Waals surface area contributed by atoms with Crippen molar-refractivity contribution in [3.05, 3.63) is 53.0 Å². The average Bonchev–Trinajstić information content (AvgIpc) is 3.10. The summed E-state index contributed by atoms with van der Waals surface area (Å²) in [6.07, 6.45) is 0.908. The molecular weight excluding hydrogens is 330 g/mol. The lowest BCUT2D eigenvalue weighted by atomic mass is 10.2. The Balaban J connectivity index is 1.67. The number of rotatable bonds is 3. The minimum Gasteiger partial charge on any atom is -0.364 e. The number of hydrogen-bond donors (Lipinski definition) is 1. The molecule has 5 nitrogen and oxygen atoms in total. The van der Waals surface area contributed by atoms with Gasteiger partial charge in [-0.05, 0) is 36.2 Å². The Morgan fingerprint density at radius 2 is 2.04 bits per heavy atom. The number of nitrogens with two attached hydrogens (primary N) is 1. The van der Waals surface area contributed by atoms with E-state index in [9.17, 15) is 8.42 Å². The molecule has 0 aliphatic carbocycles. The van der Waals surface area contributed by atoms with E-state index in [0.717, 1.165) is 34.7 Å². The quantitative estimate of drug-likeness (QED) is 0.791. The van der Waals surface area contributed by atoms with Crippen LogP contribution in [0.25, 0.3) is 10.2 Å². The number of sulfonamides is 1. The molecule has 0 spiro atoms. The van der Waals surface area contributed by atoms with Crippen molar-refractivity contribution in [2.45, 2.75) is 17.9 Å². The summed E-state index contributed by atoms with van der Waals surface area (Å²) in [6, 6.07) is 13.2. The van der Waals surface area contributed by atoms with Crippen LogP contribution in [0.5, 0.6) is 0 Å². The minimum absolute atomic E-state index is 0.160. The van der Waals surface area contributed by atoms with Gasteiger partial charge in [0.1, 0.15) is 5.01 Å². The summed E-state index contributed by atoms with van der Waals surface area (Å²) in [5.41, 5.74) is 3.10. The lowest BCUT2D eigenvalue weighted by molar-refractivity contribution is 0.598. The van der Waals surface area contributed by atoms with E-state index in [0.29, 0.717) is 6.54 Å². The first-order chi connectivity index (χ1) is 11.0. The summed E-state index contributed by atoms with van der Waals surface area (Å²) in [6.45, 7) is 1.54. The van der Waals surface area contributed by atoms with E-state index in [1.54, 1.807) is 23.5 Å². The molecule has 1 aliphatic rings. The van der Waals surface area contributed by atoms with Crippen molar-refractivity contribution in [3.8, 4) is 0 Å². The van der Waals surface area contributed by atoms with Crippen LogP contribution in [0, 0.1) is 0 Å². The first-order valence-electron chi connectivity index (χ1n) is 7.26. The van der Waals surface area contributed by atoms with E-state index in [2.05, 4.69) is 16.0 Å².